The fraction of sp³-hybridized carbons (Fsp3) is 0.176. The number of aromatic nitrogens is 2. The summed E-state index contributed by atoms with van der Waals surface area (Å²) in [5.41, 5.74) is 1.50. The number of rotatable bonds is 7. The van der Waals surface area contributed by atoms with Gasteiger partial charge in [-0.15, -0.1) is 0 Å². The minimum absolute atomic E-state index is 0.0343. The van der Waals surface area contributed by atoms with Crippen LogP contribution in [0.5, 0.6) is 0 Å². The Morgan fingerprint density at radius 3 is 2.41 bits per heavy atom. The van der Waals surface area contributed by atoms with Crippen LogP contribution in [0, 0.1) is 17.0 Å². The molecular formula is C17H16N4O5S. The molecule has 0 fully saturated rings. The third-order valence-electron chi connectivity index (χ3n) is 3.77. The first-order valence-electron chi connectivity index (χ1n) is 7.99. The molecule has 0 bridgehead atoms. The highest BCUT2D eigenvalue weighted by Crippen LogP contribution is 2.20. The topological polar surface area (TPSA) is 128 Å². The number of hydrogen-bond acceptors (Lipinski definition) is 7. The summed E-state index contributed by atoms with van der Waals surface area (Å²) >= 11 is 0. The Kier molecular flexibility index (Phi) is 5.28. The number of nitrogens with one attached hydrogen (secondary N) is 1. The smallest absolute Gasteiger partial charge is 0.269 e. The van der Waals surface area contributed by atoms with Gasteiger partial charge in [0, 0.05) is 30.7 Å². The first-order chi connectivity index (χ1) is 12.8. The fourth-order valence-corrected chi connectivity index (χ4v) is 3.33. The average molecular weight is 388 g/mol. The third-order valence-corrected chi connectivity index (χ3v) is 5.24. The summed E-state index contributed by atoms with van der Waals surface area (Å²) in [5, 5.41) is 14.5. The fourth-order valence-electron chi connectivity index (χ4n) is 2.30. The number of non-ortho nitro benzene ring substituents is 1. The maximum absolute atomic E-state index is 12.2. The number of nitro benzene ring substituents is 1. The molecule has 0 aliphatic carbocycles. The minimum Gasteiger partial charge on any atom is -0.339 e. The molecule has 1 N–H and O–H groups in total. The normalized spacial score (nSPS) is 11.4. The highest BCUT2D eigenvalue weighted by Gasteiger charge is 2.15. The number of aryl methyl sites for hydroxylation is 1. The lowest BCUT2D eigenvalue weighted by atomic mass is 10.2. The van der Waals surface area contributed by atoms with Gasteiger partial charge in [-0.05, 0) is 31.2 Å². The number of nitro groups is 1. The van der Waals surface area contributed by atoms with Gasteiger partial charge in [0.05, 0.1) is 9.82 Å². The molecule has 0 radical (unpaired) electrons. The van der Waals surface area contributed by atoms with E-state index in [1.54, 1.807) is 12.1 Å². The second kappa shape index (κ2) is 7.64. The lowest BCUT2D eigenvalue weighted by Crippen LogP contribution is -2.26. The molecule has 9 nitrogen and oxygen atoms in total. The lowest BCUT2D eigenvalue weighted by Gasteiger charge is -2.05. The van der Waals surface area contributed by atoms with E-state index in [2.05, 4.69) is 14.9 Å². The van der Waals surface area contributed by atoms with Gasteiger partial charge in [-0.1, -0.05) is 22.9 Å². The van der Waals surface area contributed by atoms with Crippen molar-refractivity contribution in [2.45, 2.75) is 18.2 Å². The minimum atomic E-state index is -3.61. The average Bonchev–Trinajstić information content (AvgIpc) is 3.11. The van der Waals surface area contributed by atoms with Crippen LogP contribution in [-0.2, 0) is 16.4 Å². The van der Waals surface area contributed by atoms with Gasteiger partial charge in [-0.25, -0.2) is 13.1 Å². The molecule has 3 rings (SSSR count). The number of sulfonamides is 1. The van der Waals surface area contributed by atoms with Gasteiger partial charge >= 0.3 is 0 Å². The molecule has 0 amide bonds. The molecular weight excluding hydrogens is 372 g/mol. The van der Waals surface area contributed by atoms with Crippen LogP contribution in [0.25, 0.3) is 11.4 Å². The molecule has 1 aromatic heterocycles. The molecule has 0 aliphatic heterocycles. The van der Waals surface area contributed by atoms with E-state index >= 15 is 0 Å². The molecule has 2 aromatic carbocycles. The largest absolute Gasteiger partial charge is 0.339 e. The van der Waals surface area contributed by atoms with E-state index < -0.39 is 14.9 Å². The molecule has 0 atom stereocenters. The summed E-state index contributed by atoms with van der Waals surface area (Å²) in [7, 11) is -3.61. The zero-order valence-corrected chi connectivity index (χ0v) is 15.1. The van der Waals surface area contributed by atoms with Crippen molar-refractivity contribution in [1.29, 1.82) is 0 Å². The summed E-state index contributed by atoms with van der Waals surface area (Å²) < 4.78 is 32.0. The van der Waals surface area contributed by atoms with E-state index in [1.165, 1.54) is 36.4 Å². The highest BCUT2D eigenvalue weighted by atomic mass is 32.2. The van der Waals surface area contributed by atoms with Crippen LogP contribution < -0.4 is 4.72 Å². The summed E-state index contributed by atoms with van der Waals surface area (Å²) in [5.74, 6) is 0.538. The molecule has 0 saturated carbocycles. The van der Waals surface area contributed by atoms with E-state index in [0.29, 0.717) is 5.56 Å². The van der Waals surface area contributed by atoms with Crippen LogP contribution in [0.4, 0.5) is 5.69 Å². The van der Waals surface area contributed by atoms with E-state index in [0.717, 1.165) is 5.56 Å². The van der Waals surface area contributed by atoms with Crippen molar-refractivity contribution < 1.29 is 17.9 Å². The Labute approximate surface area is 155 Å². The maximum atomic E-state index is 12.2. The summed E-state index contributed by atoms with van der Waals surface area (Å²) in [6.45, 7) is 1.97. The van der Waals surface area contributed by atoms with Crippen molar-refractivity contribution in [3.63, 3.8) is 0 Å². The van der Waals surface area contributed by atoms with Crippen LogP contribution in [0.3, 0.4) is 0 Å². The van der Waals surface area contributed by atoms with Gasteiger partial charge in [0.15, 0.2) is 0 Å². The van der Waals surface area contributed by atoms with E-state index in [1.807, 2.05) is 6.92 Å². The van der Waals surface area contributed by atoms with Gasteiger partial charge in [-0.3, -0.25) is 10.1 Å². The second-order valence-electron chi connectivity index (χ2n) is 5.78. The monoisotopic (exact) mass is 388 g/mol. The van der Waals surface area contributed by atoms with Gasteiger partial charge in [0.1, 0.15) is 0 Å². The predicted molar refractivity (Wildman–Crippen MR) is 96.5 cm³/mol. The summed E-state index contributed by atoms with van der Waals surface area (Å²) in [6, 6.07) is 12.3. The Hall–Kier alpha value is -3.11. The zero-order chi connectivity index (χ0) is 19.4. The van der Waals surface area contributed by atoms with Gasteiger partial charge in [0.2, 0.25) is 21.7 Å². The summed E-state index contributed by atoms with van der Waals surface area (Å²) in [4.78, 5) is 14.5. The highest BCUT2D eigenvalue weighted by molar-refractivity contribution is 7.89. The van der Waals surface area contributed by atoms with Gasteiger partial charge < -0.3 is 4.52 Å². The SMILES string of the molecule is Cc1ccc(S(=O)(=O)NCCc2nc(-c3ccc([N+](=O)[O-])cc3)no2)cc1. The zero-order valence-electron chi connectivity index (χ0n) is 14.3. The Bertz CT molecular complexity index is 1040. The van der Waals surface area contributed by atoms with Crippen molar-refractivity contribution in [3.8, 4) is 11.4 Å². The predicted octanol–water partition coefficient (Wildman–Crippen LogP) is 2.47. The lowest BCUT2D eigenvalue weighted by molar-refractivity contribution is -0.384. The van der Waals surface area contributed by atoms with E-state index in [-0.39, 0.29) is 35.3 Å². The van der Waals surface area contributed by atoms with Crippen LogP contribution in [0.1, 0.15) is 11.5 Å². The molecule has 0 spiro atoms. The Morgan fingerprint density at radius 2 is 1.78 bits per heavy atom. The van der Waals surface area contributed by atoms with Crippen LogP contribution in [-0.4, -0.2) is 30.0 Å². The maximum Gasteiger partial charge on any atom is 0.269 e. The second-order valence-corrected chi connectivity index (χ2v) is 7.54. The van der Waals surface area contributed by atoms with Gasteiger partial charge in [0.25, 0.3) is 5.69 Å². The first-order valence-corrected chi connectivity index (χ1v) is 9.47. The van der Waals surface area contributed by atoms with Gasteiger partial charge in [-0.2, -0.15) is 4.98 Å². The van der Waals surface area contributed by atoms with Crippen LogP contribution in [0.15, 0.2) is 57.9 Å². The number of nitrogens with zero attached hydrogens (tertiary/aromatic N) is 3. The third kappa shape index (κ3) is 4.54. The van der Waals surface area contributed by atoms with Crippen molar-refractivity contribution >= 4 is 15.7 Å². The van der Waals surface area contributed by atoms with Crippen molar-refractivity contribution in [2.75, 3.05) is 6.54 Å². The number of benzene rings is 2. The Balaban J connectivity index is 1.61. The Morgan fingerprint density at radius 1 is 1.11 bits per heavy atom. The quantitative estimate of drug-likeness (QED) is 0.486. The van der Waals surface area contributed by atoms with Crippen LogP contribution in [0.2, 0.25) is 0 Å². The van der Waals surface area contributed by atoms with Crippen molar-refractivity contribution in [1.82, 2.24) is 14.9 Å². The summed E-state index contributed by atoms with van der Waals surface area (Å²) in [6.07, 6.45) is 0.213. The first kappa shape index (κ1) is 18.7. The molecule has 3 aromatic rings. The molecule has 1 heterocycles. The molecule has 0 aliphatic rings. The standard InChI is InChI=1S/C17H16N4O5S/c1-12-2-8-15(9-3-12)27(24,25)18-11-10-16-19-17(20-26-16)13-4-6-14(7-5-13)21(22)23/h2-9,18H,10-11H2,1H3. The molecule has 0 saturated heterocycles. The number of hydrogen-bond donors (Lipinski definition) is 1. The van der Waals surface area contributed by atoms with Crippen molar-refractivity contribution in [2.24, 2.45) is 0 Å². The van der Waals surface area contributed by atoms with E-state index in [9.17, 15) is 18.5 Å². The molecule has 10 heteroatoms. The van der Waals surface area contributed by atoms with Crippen molar-refractivity contribution in [3.05, 3.63) is 70.1 Å². The van der Waals surface area contributed by atoms with Crippen LogP contribution >= 0.6 is 0 Å². The molecule has 140 valence electrons. The van der Waals surface area contributed by atoms with E-state index in [4.69, 9.17) is 4.52 Å². The molecule has 27 heavy (non-hydrogen) atoms. The molecule has 0 unspecified atom stereocenters.